The Balaban J connectivity index is 3.04. The zero-order chi connectivity index (χ0) is 5.28. The standard InChI is InChI=1S/C5H5FO/c1-4-2-5(6)7-3-4/h2-3H,1H3. The highest BCUT2D eigenvalue weighted by Crippen LogP contribution is 2.01. The molecular formula is C5H5FO. The maximum Gasteiger partial charge on any atom is 0.277 e. The molecule has 0 spiro atoms. The van der Waals surface area contributed by atoms with Crippen LogP contribution in [0.5, 0.6) is 0 Å². The Kier molecular flexibility index (Phi) is 0.855. The van der Waals surface area contributed by atoms with Crippen LogP contribution in [0.25, 0.3) is 0 Å². The summed E-state index contributed by atoms with van der Waals surface area (Å²) in [6.45, 7) is 1.77. The number of rotatable bonds is 0. The largest absolute Gasteiger partial charge is 0.439 e. The Morgan fingerprint density at radius 1 is 1.71 bits per heavy atom. The Morgan fingerprint density at radius 3 is 2.57 bits per heavy atom. The van der Waals surface area contributed by atoms with Gasteiger partial charge in [-0.3, -0.25) is 0 Å². The number of hydrogen-bond donors (Lipinski definition) is 0. The summed E-state index contributed by atoms with van der Waals surface area (Å²) >= 11 is 0. The molecule has 7 heavy (non-hydrogen) atoms. The van der Waals surface area contributed by atoms with E-state index in [2.05, 4.69) is 4.42 Å². The molecule has 1 heterocycles. The summed E-state index contributed by atoms with van der Waals surface area (Å²) in [5.41, 5.74) is 0.817. The molecule has 0 saturated heterocycles. The average Bonchev–Trinajstić information content (AvgIpc) is 1.87. The van der Waals surface area contributed by atoms with Crippen LogP contribution >= 0.6 is 0 Å². The van der Waals surface area contributed by atoms with E-state index in [1.165, 1.54) is 12.3 Å². The third-order valence-corrected chi connectivity index (χ3v) is 0.699. The highest BCUT2D eigenvalue weighted by molar-refractivity contribution is 5.02. The van der Waals surface area contributed by atoms with Gasteiger partial charge in [0.05, 0.1) is 6.26 Å². The van der Waals surface area contributed by atoms with E-state index in [1.807, 2.05) is 0 Å². The summed E-state index contributed by atoms with van der Waals surface area (Å²) in [6.07, 6.45) is 1.37. The molecule has 1 nitrogen and oxygen atoms in total. The van der Waals surface area contributed by atoms with E-state index in [0.717, 1.165) is 5.56 Å². The molecule has 0 fully saturated rings. The summed E-state index contributed by atoms with van der Waals surface area (Å²) in [7, 11) is 0. The lowest BCUT2D eigenvalue weighted by atomic mass is 10.4. The minimum Gasteiger partial charge on any atom is -0.439 e. The second-order valence-electron chi connectivity index (χ2n) is 1.43. The van der Waals surface area contributed by atoms with Crippen molar-refractivity contribution in [2.75, 3.05) is 0 Å². The predicted octanol–water partition coefficient (Wildman–Crippen LogP) is 1.73. The van der Waals surface area contributed by atoms with Crippen molar-refractivity contribution in [2.24, 2.45) is 0 Å². The number of hydrogen-bond acceptors (Lipinski definition) is 1. The first kappa shape index (κ1) is 4.37. The fourth-order valence-electron chi connectivity index (χ4n) is 0.396. The smallest absolute Gasteiger partial charge is 0.277 e. The molecule has 0 aliphatic rings. The Bertz CT molecular complexity index is 140. The van der Waals surface area contributed by atoms with E-state index in [9.17, 15) is 4.39 Å². The fraction of sp³-hybridized carbons (Fsp3) is 0.200. The van der Waals surface area contributed by atoms with Crippen molar-refractivity contribution in [1.82, 2.24) is 0 Å². The van der Waals surface area contributed by atoms with Gasteiger partial charge in [-0.05, 0) is 12.5 Å². The van der Waals surface area contributed by atoms with Gasteiger partial charge in [-0.15, -0.1) is 0 Å². The first-order valence-electron chi connectivity index (χ1n) is 1.99. The van der Waals surface area contributed by atoms with Crippen molar-refractivity contribution in [1.29, 1.82) is 0 Å². The van der Waals surface area contributed by atoms with Gasteiger partial charge in [-0.1, -0.05) is 0 Å². The average molecular weight is 100 g/mol. The van der Waals surface area contributed by atoms with E-state index in [1.54, 1.807) is 6.92 Å². The monoisotopic (exact) mass is 100 g/mol. The van der Waals surface area contributed by atoms with Gasteiger partial charge in [0, 0.05) is 6.07 Å². The summed E-state index contributed by atoms with van der Waals surface area (Å²) < 4.78 is 16.1. The fourth-order valence-corrected chi connectivity index (χ4v) is 0.396. The van der Waals surface area contributed by atoms with Gasteiger partial charge in [0.1, 0.15) is 0 Å². The van der Waals surface area contributed by atoms with Crippen LogP contribution in [0.4, 0.5) is 4.39 Å². The third kappa shape index (κ3) is 0.796. The second kappa shape index (κ2) is 1.37. The van der Waals surface area contributed by atoms with Crippen molar-refractivity contribution < 1.29 is 8.81 Å². The van der Waals surface area contributed by atoms with Crippen molar-refractivity contribution in [3.05, 3.63) is 23.9 Å². The van der Waals surface area contributed by atoms with Gasteiger partial charge in [-0.2, -0.15) is 4.39 Å². The van der Waals surface area contributed by atoms with Gasteiger partial charge in [0.2, 0.25) is 0 Å². The third-order valence-electron chi connectivity index (χ3n) is 0.699. The van der Waals surface area contributed by atoms with E-state index < -0.39 is 6.01 Å². The van der Waals surface area contributed by atoms with E-state index >= 15 is 0 Å². The van der Waals surface area contributed by atoms with Crippen molar-refractivity contribution in [3.8, 4) is 0 Å². The van der Waals surface area contributed by atoms with E-state index in [0.29, 0.717) is 0 Å². The van der Waals surface area contributed by atoms with Crippen LogP contribution in [0, 0.1) is 12.9 Å². The Morgan fingerprint density at radius 2 is 2.43 bits per heavy atom. The lowest BCUT2D eigenvalue weighted by Gasteiger charge is -1.63. The zero-order valence-electron chi connectivity index (χ0n) is 3.94. The van der Waals surface area contributed by atoms with Crippen molar-refractivity contribution in [2.45, 2.75) is 6.92 Å². The number of furan rings is 1. The molecule has 0 aliphatic heterocycles. The van der Waals surface area contributed by atoms with E-state index in [-0.39, 0.29) is 0 Å². The molecule has 38 valence electrons. The molecule has 0 N–H and O–H groups in total. The van der Waals surface area contributed by atoms with Crippen LogP contribution in [0.2, 0.25) is 0 Å². The van der Waals surface area contributed by atoms with Crippen LogP contribution in [-0.2, 0) is 0 Å². The molecule has 0 amide bonds. The molecule has 0 radical (unpaired) electrons. The Hall–Kier alpha value is -0.790. The van der Waals surface area contributed by atoms with Crippen LogP contribution < -0.4 is 0 Å². The number of aryl methyl sites for hydroxylation is 1. The molecular weight excluding hydrogens is 95.1 g/mol. The lowest BCUT2D eigenvalue weighted by Crippen LogP contribution is -1.54. The van der Waals surface area contributed by atoms with Gasteiger partial charge in [0.15, 0.2) is 0 Å². The molecule has 0 saturated carbocycles. The molecule has 0 atom stereocenters. The minimum atomic E-state index is -0.516. The quantitative estimate of drug-likeness (QED) is 0.483. The molecule has 0 aromatic carbocycles. The summed E-state index contributed by atoms with van der Waals surface area (Å²) in [5, 5.41) is 0. The molecule has 0 unspecified atom stereocenters. The molecule has 1 aromatic rings. The minimum absolute atomic E-state index is 0.516. The summed E-state index contributed by atoms with van der Waals surface area (Å²) in [5.74, 6) is 0. The maximum absolute atomic E-state index is 11.8. The van der Waals surface area contributed by atoms with Crippen LogP contribution in [0.15, 0.2) is 16.7 Å². The molecule has 0 bridgehead atoms. The van der Waals surface area contributed by atoms with Crippen LogP contribution in [0.1, 0.15) is 5.56 Å². The Labute approximate surface area is 40.8 Å². The van der Waals surface area contributed by atoms with Crippen LogP contribution in [-0.4, -0.2) is 0 Å². The lowest BCUT2D eigenvalue weighted by molar-refractivity contribution is 0.359. The molecule has 2 heteroatoms. The topological polar surface area (TPSA) is 13.1 Å². The molecule has 1 rings (SSSR count). The zero-order valence-corrected chi connectivity index (χ0v) is 3.94. The SMILES string of the molecule is Cc1coc(F)c1. The first-order chi connectivity index (χ1) is 3.29. The van der Waals surface area contributed by atoms with Gasteiger partial charge < -0.3 is 4.42 Å². The predicted molar refractivity (Wildman–Crippen MR) is 23.4 cm³/mol. The summed E-state index contributed by atoms with van der Waals surface area (Å²) in [4.78, 5) is 0. The second-order valence-corrected chi connectivity index (χ2v) is 1.43. The number of halogens is 1. The highest BCUT2D eigenvalue weighted by Gasteiger charge is 1.90. The van der Waals surface area contributed by atoms with Crippen LogP contribution in [0.3, 0.4) is 0 Å². The van der Waals surface area contributed by atoms with Gasteiger partial charge in [0.25, 0.3) is 6.01 Å². The first-order valence-corrected chi connectivity index (χ1v) is 1.99. The van der Waals surface area contributed by atoms with Gasteiger partial charge >= 0.3 is 0 Å². The van der Waals surface area contributed by atoms with Crippen molar-refractivity contribution in [3.63, 3.8) is 0 Å². The molecule has 0 aliphatic carbocycles. The summed E-state index contributed by atoms with van der Waals surface area (Å²) in [6, 6.07) is 0.817. The van der Waals surface area contributed by atoms with Crippen molar-refractivity contribution >= 4 is 0 Å². The molecule has 1 aromatic heterocycles. The van der Waals surface area contributed by atoms with Gasteiger partial charge in [-0.25, -0.2) is 0 Å². The maximum atomic E-state index is 11.8. The normalized spacial score (nSPS) is 9.43. The van der Waals surface area contributed by atoms with E-state index in [4.69, 9.17) is 0 Å². The highest BCUT2D eigenvalue weighted by atomic mass is 19.1.